The SMILES string of the molecule is COc1ccc(OC)c(I)c1I. The number of hydrogen-bond acceptors (Lipinski definition) is 2. The zero-order valence-corrected chi connectivity index (χ0v) is 11.0. The zero-order chi connectivity index (χ0) is 9.14. The van der Waals surface area contributed by atoms with Crippen LogP contribution in [0.25, 0.3) is 0 Å². The van der Waals surface area contributed by atoms with Crippen LogP contribution in [0, 0.1) is 7.14 Å². The number of rotatable bonds is 2. The van der Waals surface area contributed by atoms with Crippen molar-refractivity contribution in [2.24, 2.45) is 0 Å². The first-order valence-electron chi connectivity index (χ1n) is 3.26. The van der Waals surface area contributed by atoms with Gasteiger partial charge in [-0.25, -0.2) is 0 Å². The number of methoxy groups -OCH3 is 2. The van der Waals surface area contributed by atoms with Crippen molar-refractivity contribution in [3.63, 3.8) is 0 Å². The van der Waals surface area contributed by atoms with E-state index in [-0.39, 0.29) is 0 Å². The van der Waals surface area contributed by atoms with Gasteiger partial charge in [0.05, 0.1) is 21.4 Å². The molecule has 12 heavy (non-hydrogen) atoms. The van der Waals surface area contributed by atoms with Gasteiger partial charge in [-0.1, -0.05) is 0 Å². The lowest BCUT2D eigenvalue weighted by molar-refractivity contribution is 0.398. The molecule has 0 spiro atoms. The molecule has 0 heterocycles. The Kier molecular flexibility index (Phi) is 3.88. The first kappa shape index (κ1) is 10.4. The van der Waals surface area contributed by atoms with E-state index in [1.54, 1.807) is 14.2 Å². The second-order valence-corrected chi connectivity index (χ2v) is 4.26. The predicted molar refractivity (Wildman–Crippen MR) is 65.0 cm³/mol. The summed E-state index contributed by atoms with van der Waals surface area (Å²) in [6.45, 7) is 0. The van der Waals surface area contributed by atoms with Crippen LogP contribution >= 0.6 is 45.2 Å². The van der Waals surface area contributed by atoms with E-state index in [9.17, 15) is 0 Å². The summed E-state index contributed by atoms with van der Waals surface area (Å²) in [6, 6.07) is 3.81. The summed E-state index contributed by atoms with van der Waals surface area (Å²) in [5, 5.41) is 0. The summed E-state index contributed by atoms with van der Waals surface area (Å²) in [5.74, 6) is 1.78. The van der Waals surface area contributed by atoms with E-state index in [0.717, 1.165) is 18.6 Å². The lowest BCUT2D eigenvalue weighted by Gasteiger charge is -2.08. The minimum absolute atomic E-state index is 0.890. The quantitative estimate of drug-likeness (QED) is 0.724. The van der Waals surface area contributed by atoms with Gasteiger partial charge in [-0.15, -0.1) is 0 Å². The van der Waals surface area contributed by atoms with Crippen molar-refractivity contribution < 1.29 is 9.47 Å². The Balaban J connectivity index is 3.20. The van der Waals surface area contributed by atoms with Gasteiger partial charge in [0.25, 0.3) is 0 Å². The number of halogens is 2. The van der Waals surface area contributed by atoms with Crippen molar-refractivity contribution in [1.29, 1.82) is 0 Å². The molecule has 2 nitrogen and oxygen atoms in total. The van der Waals surface area contributed by atoms with Gasteiger partial charge in [-0.2, -0.15) is 0 Å². The van der Waals surface area contributed by atoms with Crippen LogP contribution in [-0.4, -0.2) is 14.2 Å². The Morgan fingerprint density at radius 2 is 1.25 bits per heavy atom. The summed E-state index contributed by atoms with van der Waals surface area (Å²) in [6.07, 6.45) is 0. The highest BCUT2D eigenvalue weighted by atomic mass is 127. The molecule has 0 aliphatic heterocycles. The molecule has 1 aromatic rings. The molecule has 0 radical (unpaired) electrons. The summed E-state index contributed by atoms with van der Waals surface area (Å²) < 4.78 is 12.5. The summed E-state index contributed by atoms with van der Waals surface area (Å²) >= 11 is 4.48. The Labute approximate surface area is 98.9 Å². The Morgan fingerprint density at radius 1 is 0.917 bits per heavy atom. The van der Waals surface area contributed by atoms with Gasteiger partial charge in [-0.3, -0.25) is 0 Å². The van der Waals surface area contributed by atoms with E-state index in [0.29, 0.717) is 0 Å². The van der Waals surface area contributed by atoms with Crippen molar-refractivity contribution >= 4 is 45.2 Å². The van der Waals surface area contributed by atoms with Gasteiger partial charge >= 0.3 is 0 Å². The highest BCUT2D eigenvalue weighted by molar-refractivity contribution is 14.1. The van der Waals surface area contributed by atoms with E-state index < -0.39 is 0 Å². The van der Waals surface area contributed by atoms with Crippen LogP contribution in [0.1, 0.15) is 0 Å². The molecule has 0 saturated carbocycles. The minimum Gasteiger partial charge on any atom is -0.496 e. The molecule has 0 bridgehead atoms. The molecule has 4 heteroatoms. The molecule has 0 aliphatic carbocycles. The molecule has 0 fully saturated rings. The number of ether oxygens (including phenoxy) is 2. The first-order chi connectivity index (χ1) is 5.70. The molecule has 1 aromatic carbocycles. The third-order valence-electron chi connectivity index (χ3n) is 1.45. The summed E-state index contributed by atoms with van der Waals surface area (Å²) in [4.78, 5) is 0. The predicted octanol–water partition coefficient (Wildman–Crippen LogP) is 2.91. The fourth-order valence-electron chi connectivity index (χ4n) is 0.829. The third-order valence-corrected chi connectivity index (χ3v) is 4.63. The van der Waals surface area contributed by atoms with Crippen molar-refractivity contribution in [2.75, 3.05) is 14.2 Å². The Bertz CT molecular complexity index is 258. The second kappa shape index (κ2) is 4.50. The molecule has 66 valence electrons. The van der Waals surface area contributed by atoms with Gasteiger partial charge in [0.2, 0.25) is 0 Å². The van der Waals surface area contributed by atoms with Crippen molar-refractivity contribution in [2.45, 2.75) is 0 Å². The monoisotopic (exact) mass is 390 g/mol. The molecule has 0 saturated heterocycles. The lowest BCUT2D eigenvalue weighted by Crippen LogP contribution is -1.93. The highest BCUT2D eigenvalue weighted by Crippen LogP contribution is 2.32. The van der Waals surface area contributed by atoms with Crippen LogP contribution in [0.2, 0.25) is 0 Å². The smallest absolute Gasteiger partial charge is 0.133 e. The topological polar surface area (TPSA) is 18.5 Å². The van der Waals surface area contributed by atoms with Crippen LogP contribution in [-0.2, 0) is 0 Å². The second-order valence-electron chi connectivity index (χ2n) is 2.10. The summed E-state index contributed by atoms with van der Waals surface area (Å²) in [5.41, 5.74) is 0. The van der Waals surface area contributed by atoms with Crippen LogP contribution in [0.4, 0.5) is 0 Å². The van der Waals surface area contributed by atoms with Gasteiger partial charge in [0.15, 0.2) is 0 Å². The van der Waals surface area contributed by atoms with Crippen LogP contribution in [0.15, 0.2) is 12.1 Å². The maximum atomic E-state index is 5.16. The lowest BCUT2D eigenvalue weighted by atomic mass is 10.3. The maximum absolute atomic E-state index is 5.16. The van der Waals surface area contributed by atoms with Crippen molar-refractivity contribution in [3.05, 3.63) is 19.3 Å². The Morgan fingerprint density at radius 3 is 1.50 bits per heavy atom. The molecule has 0 aliphatic rings. The Hall–Kier alpha value is 0.280. The highest BCUT2D eigenvalue weighted by Gasteiger charge is 2.08. The largest absolute Gasteiger partial charge is 0.496 e. The summed E-state index contributed by atoms with van der Waals surface area (Å²) in [7, 11) is 3.33. The van der Waals surface area contributed by atoms with E-state index in [1.165, 1.54) is 0 Å². The van der Waals surface area contributed by atoms with E-state index in [2.05, 4.69) is 45.2 Å². The van der Waals surface area contributed by atoms with Gasteiger partial charge < -0.3 is 9.47 Å². The normalized spacial score (nSPS) is 9.67. The average molecular weight is 390 g/mol. The number of hydrogen-bond donors (Lipinski definition) is 0. The van der Waals surface area contributed by atoms with Crippen LogP contribution in [0.5, 0.6) is 11.5 Å². The fraction of sp³-hybridized carbons (Fsp3) is 0.250. The van der Waals surface area contributed by atoms with E-state index in [1.807, 2.05) is 12.1 Å². The van der Waals surface area contributed by atoms with E-state index >= 15 is 0 Å². The zero-order valence-electron chi connectivity index (χ0n) is 6.73. The molecule has 0 aromatic heterocycles. The van der Waals surface area contributed by atoms with Gasteiger partial charge in [-0.05, 0) is 57.3 Å². The molecular formula is C8H8I2O2. The number of benzene rings is 1. The first-order valence-corrected chi connectivity index (χ1v) is 5.42. The standard InChI is InChI=1S/C8H8I2O2/c1-11-5-3-4-6(12-2)8(10)7(5)9/h3-4H,1-2H3. The van der Waals surface area contributed by atoms with Crippen LogP contribution in [0.3, 0.4) is 0 Å². The molecular weight excluding hydrogens is 382 g/mol. The van der Waals surface area contributed by atoms with E-state index in [4.69, 9.17) is 9.47 Å². The van der Waals surface area contributed by atoms with Crippen LogP contribution < -0.4 is 9.47 Å². The minimum atomic E-state index is 0.890. The molecule has 0 amide bonds. The molecule has 1 rings (SSSR count). The van der Waals surface area contributed by atoms with Crippen molar-refractivity contribution in [1.82, 2.24) is 0 Å². The van der Waals surface area contributed by atoms with Gasteiger partial charge in [0, 0.05) is 0 Å². The molecule has 0 atom stereocenters. The molecule has 0 N–H and O–H groups in total. The fourth-order valence-corrected chi connectivity index (χ4v) is 2.16. The molecule has 0 unspecified atom stereocenters. The maximum Gasteiger partial charge on any atom is 0.133 e. The van der Waals surface area contributed by atoms with Gasteiger partial charge in [0.1, 0.15) is 11.5 Å². The third kappa shape index (κ3) is 1.95. The average Bonchev–Trinajstić information content (AvgIpc) is 2.10. The van der Waals surface area contributed by atoms with Crippen molar-refractivity contribution in [3.8, 4) is 11.5 Å².